The van der Waals surface area contributed by atoms with E-state index in [2.05, 4.69) is 0 Å². The van der Waals surface area contributed by atoms with Crippen molar-refractivity contribution in [3.63, 3.8) is 0 Å². The Morgan fingerprint density at radius 1 is 1.00 bits per heavy atom. The lowest BCUT2D eigenvalue weighted by Crippen LogP contribution is -2.50. The molecule has 1 fully saturated rings. The molecule has 1 aliphatic rings. The molecule has 0 unspecified atom stereocenters. The largest absolute Gasteiger partial charge is 0.378 e. The smallest absolute Gasteiger partial charge is 0.254 e. The van der Waals surface area contributed by atoms with Crippen LogP contribution in [0.2, 0.25) is 0 Å². The molecule has 150 valence electrons. The van der Waals surface area contributed by atoms with Crippen molar-refractivity contribution >= 4 is 21.6 Å². The monoisotopic (exact) mass is 409 g/mol. The van der Waals surface area contributed by atoms with Crippen LogP contribution < -0.4 is 4.90 Å². The standard InChI is InChI=1S/C19H21F2N3O3S/c1-22(2)16-5-3-4-14(12-16)19(25)23-8-10-24(11-9-23)28(26,27)18-7-6-15(20)13-17(18)21/h3-7,12-13H,8-11H2,1-2H3. The summed E-state index contributed by atoms with van der Waals surface area (Å²) in [4.78, 5) is 15.6. The summed E-state index contributed by atoms with van der Waals surface area (Å²) in [5.41, 5.74) is 1.41. The number of hydrogen-bond acceptors (Lipinski definition) is 4. The van der Waals surface area contributed by atoms with Gasteiger partial charge in [-0.2, -0.15) is 4.31 Å². The molecule has 0 radical (unpaired) electrons. The van der Waals surface area contributed by atoms with Gasteiger partial charge in [-0.15, -0.1) is 0 Å². The maximum absolute atomic E-state index is 13.9. The number of hydrogen-bond donors (Lipinski definition) is 0. The third kappa shape index (κ3) is 4.00. The fourth-order valence-corrected chi connectivity index (χ4v) is 4.52. The Morgan fingerprint density at radius 3 is 2.29 bits per heavy atom. The van der Waals surface area contributed by atoms with Crippen molar-refractivity contribution in [1.29, 1.82) is 0 Å². The molecule has 1 aliphatic heterocycles. The van der Waals surface area contributed by atoms with Crippen molar-refractivity contribution in [2.75, 3.05) is 45.2 Å². The normalized spacial score (nSPS) is 15.5. The van der Waals surface area contributed by atoms with Gasteiger partial charge in [0.1, 0.15) is 16.5 Å². The minimum absolute atomic E-state index is 0.0399. The number of halogens is 2. The predicted molar refractivity (Wildman–Crippen MR) is 102 cm³/mol. The Bertz CT molecular complexity index is 988. The first-order chi connectivity index (χ1) is 13.2. The third-order valence-corrected chi connectivity index (χ3v) is 6.58. The lowest BCUT2D eigenvalue weighted by molar-refractivity contribution is 0.0697. The van der Waals surface area contributed by atoms with Gasteiger partial charge in [0, 0.05) is 57.6 Å². The number of carbonyl (C=O) groups excluding carboxylic acids is 1. The Hall–Kier alpha value is -2.52. The van der Waals surface area contributed by atoms with Gasteiger partial charge in [-0.3, -0.25) is 4.79 Å². The van der Waals surface area contributed by atoms with Gasteiger partial charge in [0.15, 0.2) is 0 Å². The van der Waals surface area contributed by atoms with Gasteiger partial charge in [-0.25, -0.2) is 17.2 Å². The third-order valence-electron chi connectivity index (χ3n) is 4.65. The lowest BCUT2D eigenvalue weighted by atomic mass is 10.1. The van der Waals surface area contributed by atoms with Crippen LogP contribution in [0.1, 0.15) is 10.4 Å². The number of sulfonamides is 1. The predicted octanol–water partition coefficient (Wildman–Crippen LogP) is 2.18. The number of carbonyl (C=O) groups is 1. The van der Waals surface area contributed by atoms with E-state index in [0.29, 0.717) is 11.6 Å². The molecule has 1 saturated heterocycles. The van der Waals surface area contributed by atoms with Crippen LogP contribution in [0.25, 0.3) is 0 Å². The van der Waals surface area contributed by atoms with Crippen molar-refractivity contribution < 1.29 is 22.0 Å². The number of benzene rings is 2. The summed E-state index contributed by atoms with van der Waals surface area (Å²) in [7, 11) is -0.341. The fraction of sp³-hybridized carbons (Fsp3) is 0.316. The minimum atomic E-state index is -4.09. The average Bonchev–Trinajstić information content (AvgIpc) is 2.67. The Kier molecular flexibility index (Phi) is 5.66. The van der Waals surface area contributed by atoms with E-state index in [4.69, 9.17) is 0 Å². The van der Waals surface area contributed by atoms with E-state index in [1.54, 1.807) is 23.1 Å². The van der Waals surface area contributed by atoms with Crippen LogP contribution in [0.15, 0.2) is 47.4 Å². The molecule has 6 nitrogen and oxygen atoms in total. The molecule has 2 aromatic rings. The molecule has 0 aliphatic carbocycles. The molecular formula is C19H21F2N3O3S. The number of amides is 1. The van der Waals surface area contributed by atoms with Gasteiger partial charge in [0.2, 0.25) is 10.0 Å². The molecular weight excluding hydrogens is 388 g/mol. The summed E-state index contributed by atoms with van der Waals surface area (Å²) in [5.74, 6) is -2.15. The van der Waals surface area contributed by atoms with Crippen LogP contribution in [-0.2, 0) is 10.0 Å². The first-order valence-electron chi connectivity index (χ1n) is 8.72. The highest BCUT2D eigenvalue weighted by Gasteiger charge is 2.32. The van der Waals surface area contributed by atoms with Crippen LogP contribution in [-0.4, -0.2) is 63.8 Å². The van der Waals surface area contributed by atoms with Gasteiger partial charge in [-0.1, -0.05) is 6.07 Å². The van der Waals surface area contributed by atoms with Crippen LogP contribution in [0.5, 0.6) is 0 Å². The first-order valence-corrected chi connectivity index (χ1v) is 10.2. The number of anilines is 1. The molecule has 0 aromatic heterocycles. The van der Waals surface area contributed by atoms with Crippen LogP contribution in [0.4, 0.5) is 14.5 Å². The van der Waals surface area contributed by atoms with E-state index in [1.165, 1.54) is 0 Å². The zero-order chi connectivity index (χ0) is 20.5. The van der Waals surface area contributed by atoms with Crippen molar-refractivity contribution in [1.82, 2.24) is 9.21 Å². The number of nitrogens with zero attached hydrogens (tertiary/aromatic N) is 3. The summed E-state index contributed by atoms with van der Waals surface area (Å²) in [6, 6.07) is 9.55. The molecule has 1 heterocycles. The van der Waals surface area contributed by atoms with Crippen LogP contribution in [0, 0.1) is 11.6 Å². The molecule has 0 bridgehead atoms. The topological polar surface area (TPSA) is 60.9 Å². The maximum Gasteiger partial charge on any atom is 0.254 e. The second-order valence-electron chi connectivity index (χ2n) is 6.72. The van der Waals surface area contributed by atoms with E-state index in [-0.39, 0.29) is 32.1 Å². The molecule has 0 saturated carbocycles. The lowest BCUT2D eigenvalue weighted by Gasteiger charge is -2.34. The highest BCUT2D eigenvalue weighted by molar-refractivity contribution is 7.89. The van der Waals surface area contributed by atoms with Crippen LogP contribution >= 0.6 is 0 Å². The van der Waals surface area contributed by atoms with E-state index in [0.717, 1.165) is 22.1 Å². The Labute approximate surface area is 163 Å². The molecule has 0 spiro atoms. The minimum Gasteiger partial charge on any atom is -0.378 e. The second kappa shape index (κ2) is 7.84. The molecule has 3 rings (SSSR count). The quantitative estimate of drug-likeness (QED) is 0.777. The Balaban J connectivity index is 1.72. The van der Waals surface area contributed by atoms with Gasteiger partial charge in [0.25, 0.3) is 5.91 Å². The summed E-state index contributed by atoms with van der Waals surface area (Å²) in [6.07, 6.45) is 0. The van der Waals surface area contributed by atoms with E-state index in [1.807, 2.05) is 25.1 Å². The highest BCUT2D eigenvalue weighted by atomic mass is 32.2. The molecule has 0 atom stereocenters. The van der Waals surface area contributed by atoms with Crippen molar-refractivity contribution in [3.05, 3.63) is 59.7 Å². The Morgan fingerprint density at radius 2 is 1.68 bits per heavy atom. The van der Waals surface area contributed by atoms with Gasteiger partial charge in [-0.05, 0) is 30.3 Å². The van der Waals surface area contributed by atoms with Gasteiger partial charge >= 0.3 is 0 Å². The molecule has 0 N–H and O–H groups in total. The van der Waals surface area contributed by atoms with Crippen molar-refractivity contribution in [2.24, 2.45) is 0 Å². The molecule has 1 amide bonds. The summed E-state index contributed by atoms with van der Waals surface area (Å²) in [5, 5.41) is 0. The maximum atomic E-state index is 13.9. The second-order valence-corrected chi connectivity index (χ2v) is 8.62. The van der Waals surface area contributed by atoms with Gasteiger partial charge < -0.3 is 9.80 Å². The van der Waals surface area contributed by atoms with E-state index < -0.39 is 26.6 Å². The number of rotatable bonds is 4. The van der Waals surface area contributed by atoms with Crippen molar-refractivity contribution in [3.8, 4) is 0 Å². The fourth-order valence-electron chi connectivity index (χ4n) is 3.05. The molecule has 9 heteroatoms. The first kappa shape index (κ1) is 20.2. The summed E-state index contributed by atoms with van der Waals surface area (Å²) < 4.78 is 53.4. The molecule has 28 heavy (non-hydrogen) atoms. The number of piperazine rings is 1. The van der Waals surface area contributed by atoms with Crippen molar-refractivity contribution in [2.45, 2.75) is 4.90 Å². The average molecular weight is 409 g/mol. The van der Waals surface area contributed by atoms with E-state index in [9.17, 15) is 22.0 Å². The SMILES string of the molecule is CN(C)c1cccc(C(=O)N2CCN(S(=O)(=O)c3ccc(F)cc3F)CC2)c1. The van der Waals surface area contributed by atoms with Gasteiger partial charge in [0.05, 0.1) is 0 Å². The zero-order valence-corrected chi connectivity index (χ0v) is 16.4. The highest BCUT2D eigenvalue weighted by Crippen LogP contribution is 2.22. The van der Waals surface area contributed by atoms with E-state index >= 15 is 0 Å². The zero-order valence-electron chi connectivity index (χ0n) is 15.6. The summed E-state index contributed by atoms with van der Waals surface area (Å²) >= 11 is 0. The van der Waals surface area contributed by atoms with Crippen LogP contribution in [0.3, 0.4) is 0 Å². The summed E-state index contributed by atoms with van der Waals surface area (Å²) in [6.45, 7) is 0.455. The molecule has 2 aromatic carbocycles.